The average Bonchev–Trinajstić information content (AvgIpc) is 2.56. The molecule has 0 radical (unpaired) electrons. The number of para-hydroxylation sites is 1. The highest BCUT2D eigenvalue weighted by Gasteiger charge is 2.06. The van der Waals surface area contributed by atoms with Crippen molar-refractivity contribution >= 4 is 49.3 Å². The van der Waals surface area contributed by atoms with E-state index in [0.717, 1.165) is 26.8 Å². The maximum atomic E-state index is 5.34. The minimum atomic E-state index is 0.696. The summed E-state index contributed by atoms with van der Waals surface area (Å²) in [5.41, 5.74) is 3.06. The molecule has 3 nitrogen and oxygen atoms in total. The molecule has 116 valence electrons. The second-order valence-electron chi connectivity index (χ2n) is 4.51. The van der Waals surface area contributed by atoms with Crippen molar-refractivity contribution in [3.63, 3.8) is 0 Å². The van der Waals surface area contributed by atoms with Gasteiger partial charge in [-0.2, -0.15) is 0 Å². The van der Waals surface area contributed by atoms with Crippen molar-refractivity contribution in [2.24, 2.45) is 0 Å². The van der Waals surface area contributed by atoms with Gasteiger partial charge in [-0.3, -0.25) is 0 Å². The number of hydrogen-bond donors (Lipinski definition) is 1. The normalized spacial score (nSPS) is 11.2. The number of hydrogen-bond acceptors (Lipinski definition) is 3. The minimum absolute atomic E-state index is 0.696. The molecular weight excluding hydrogens is 410 g/mol. The third-order valence-electron chi connectivity index (χ3n) is 3.06. The highest BCUT2D eigenvalue weighted by Crippen LogP contribution is 2.32. The monoisotopic (exact) mass is 425 g/mol. The maximum Gasteiger partial charge on any atom is 0.162 e. The van der Waals surface area contributed by atoms with Crippen LogP contribution in [0.15, 0.2) is 46.9 Å². The SMILES string of the molecule is COc1ccc(Nc2ccccc2/C=C(\Br)CBr)cc1OC. The smallest absolute Gasteiger partial charge is 0.162 e. The van der Waals surface area contributed by atoms with Crippen molar-refractivity contribution in [1.82, 2.24) is 0 Å². The van der Waals surface area contributed by atoms with E-state index in [4.69, 9.17) is 9.47 Å². The summed E-state index contributed by atoms with van der Waals surface area (Å²) in [6, 6.07) is 13.9. The van der Waals surface area contributed by atoms with E-state index in [1.54, 1.807) is 14.2 Å². The number of alkyl halides is 1. The van der Waals surface area contributed by atoms with Crippen LogP contribution in [0.2, 0.25) is 0 Å². The summed E-state index contributed by atoms with van der Waals surface area (Å²) in [4.78, 5) is 0. The predicted octanol–water partition coefficient (Wildman–Crippen LogP) is 5.58. The van der Waals surface area contributed by atoms with Crippen molar-refractivity contribution in [1.29, 1.82) is 0 Å². The molecule has 0 saturated carbocycles. The van der Waals surface area contributed by atoms with Crippen LogP contribution in [0.3, 0.4) is 0 Å². The fourth-order valence-corrected chi connectivity index (χ4v) is 2.42. The Labute approximate surface area is 147 Å². The van der Waals surface area contributed by atoms with E-state index in [1.165, 1.54) is 0 Å². The molecule has 0 aliphatic rings. The number of anilines is 2. The van der Waals surface area contributed by atoms with Gasteiger partial charge < -0.3 is 14.8 Å². The standard InChI is InChI=1S/C17H17Br2NO2/c1-21-16-8-7-14(10-17(16)22-2)20-15-6-4-3-5-12(15)9-13(19)11-18/h3-10,20H,11H2,1-2H3/b13-9-. The van der Waals surface area contributed by atoms with E-state index in [-0.39, 0.29) is 0 Å². The van der Waals surface area contributed by atoms with Crippen molar-refractivity contribution in [3.8, 4) is 11.5 Å². The van der Waals surface area contributed by atoms with Gasteiger partial charge in [0.15, 0.2) is 11.5 Å². The van der Waals surface area contributed by atoms with Crippen LogP contribution in [0.5, 0.6) is 11.5 Å². The number of ether oxygens (including phenoxy) is 2. The molecule has 0 saturated heterocycles. The lowest BCUT2D eigenvalue weighted by Gasteiger charge is -2.13. The molecule has 0 aromatic heterocycles. The van der Waals surface area contributed by atoms with Crippen molar-refractivity contribution in [2.45, 2.75) is 0 Å². The molecule has 2 aromatic rings. The fourth-order valence-electron chi connectivity index (χ4n) is 2.01. The van der Waals surface area contributed by atoms with E-state index < -0.39 is 0 Å². The van der Waals surface area contributed by atoms with Gasteiger partial charge in [0.2, 0.25) is 0 Å². The quantitative estimate of drug-likeness (QED) is 0.611. The van der Waals surface area contributed by atoms with Crippen LogP contribution >= 0.6 is 31.9 Å². The summed E-state index contributed by atoms with van der Waals surface area (Å²) in [6.07, 6.45) is 2.08. The Hall–Kier alpha value is -1.46. The van der Waals surface area contributed by atoms with Crippen LogP contribution in [-0.2, 0) is 0 Å². The lowest BCUT2D eigenvalue weighted by atomic mass is 10.1. The zero-order valence-electron chi connectivity index (χ0n) is 12.4. The highest BCUT2D eigenvalue weighted by atomic mass is 79.9. The van der Waals surface area contributed by atoms with E-state index >= 15 is 0 Å². The lowest BCUT2D eigenvalue weighted by molar-refractivity contribution is 0.355. The van der Waals surface area contributed by atoms with Crippen LogP contribution < -0.4 is 14.8 Å². The second-order valence-corrected chi connectivity index (χ2v) is 6.09. The average molecular weight is 427 g/mol. The molecule has 2 rings (SSSR count). The predicted molar refractivity (Wildman–Crippen MR) is 100.0 cm³/mol. The van der Waals surface area contributed by atoms with E-state index in [0.29, 0.717) is 11.5 Å². The van der Waals surface area contributed by atoms with E-state index in [2.05, 4.69) is 49.3 Å². The van der Waals surface area contributed by atoms with Crippen molar-refractivity contribution in [2.75, 3.05) is 24.9 Å². The highest BCUT2D eigenvalue weighted by molar-refractivity contribution is 9.13. The van der Waals surface area contributed by atoms with Crippen molar-refractivity contribution < 1.29 is 9.47 Å². The molecule has 22 heavy (non-hydrogen) atoms. The summed E-state index contributed by atoms with van der Waals surface area (Å²) in [5.74, 6) is 1.41. The van der Waals surface area contributed by atoms with E-state index in [9.17, 15) is 0 Å². The minimum Gasteiger partial charge on any atom is -0.493 e. The molecule has 0 fully saturated rings. The fraction of sp³-hybridized carbons (Fsp3) is 0.176. The molecule has 0 aliphatic heterocycles. The first-order chi connectivity index (χ1) is 10.7. The van der Waals surface area contributed by atoms with Crippen LogP contribution in [0, 0.1) is 0 Å². The van der Waals surface area contributed by atoms with Gasteiger partial charge in [0.05, 0.1) is 14.2 Å². The molecule has 0 spiro atoms. The lowest BCUT2D eigenvalue weighted by Crippen LogP contribution is -1.96. The first kappa shape index (κ1) is 16.9. The van der Waals surface area contributed by atoms with Gasteiger partial charge in [0.1, 0.15) is 0 Å². The molecule has 5 heteroatoms. The number of rotatable bonds is 6. The molecule has 0 amide bonds. The molecule has 0 aliphatic carbocycles. The summed E-state index contributed by atoms with van der Waals surface area (Å²) in [6.45, 7) is 0. The van der Waals surface area contributed by atoms with Crippen LogP contribution in [-0.4, -0.2) is 19.5 Å². The summed E-state index contributed by atoms with van der Waals surface area (Å²) in [7, 11) is 3.26. The Kier molecular flexibility index (Phi) is 6.34. The third-order valence-corrected chi connectivity index (χ3v) is 4.93. The molecule has 0 atom stereocenters. The Balaban J connectivity index is 2.31. The number of methoxy groups -OCH3 is 2. The van der Waals surface area contributed by atoms with Gasteiger partial charge in [-0.15, -0.1) is 0 Å². The van der Waals surface area contributed by atoms with Gasteiger partial charge in [0, 0.05) is 27.3 Å². The topological polar surface area (TPSA) is 30.5 Å². The third kappa shape index (κ3) is 4.27. The van der Waals surface area contributed by atoms with Crippen LogP contribution in [0.25, 0.3) is 6.08 Å². The van der Waals surface area contributed by atoms with Gasteiger partial charge in [0.25, 0.3) is 0 Å². The van der Waals surface area contributed by atoms with E-state index in [1.807, 2.05) is 36.4 Å². The summed E-state index contributed by atoms with van der Waals surface area (Å²) in [5, 5.41) is 4.19. The Morgan fingerprint density at radius 3 is 2.50 bits per heavy atom. The van der Waals surface area contributed by atoms with Gasteiger partial charge in [-0.1, -0.05) is 50.1 Å². The molecule has 0 bridgehead atoms. The number of allylic oxidation sites excluding steroid dienone is 1. The first-order valence-corrected chi connectivity index (χ1v) is 8.59. The molecule has 0 heterocycles. The Morgan fingerprint density at radius 2 is 1.82 bits per heavy atom. The maximum absolute atomic E-state index is 5.34. The Bertz CT molecular complexity index is 671. The number of halogens is 2. The van der Waals surface area contributed by atoms with Gasteiger partial charge in [-0.05, 0) is 29.8 Å². The number of nitrogens with one attached hydrogen (secondary N) is 1. The van der Waals surface area contributed by atoms with Crippen LogP contribution in [0.1, 0.15) is 5.56 Å². The van der Waals surface area contributed by atoms with Gasteiger partial charge in [-0.25, -0.2) is 0 Å². The molecule has 0 unspecified atom stereocenters. The molecular formula is C17H17Br2NO2. The zero-order chi connectivity index (χ0) is 15.9. The zero-order valence-corrected chi connectivity index (χ0v) is 15.6. The summed E-state index contributed by atoms with van der Waals surface area (Å²) >= 11 is 6.96. The number of benzene rings is 2. The Morgan fingerprint density at radius 1 is 1.09 bits per heavy atom. The first-order valence-electron chi connectivity index (χ1n) is 6.68. The molecule has 1 N–H and O–H groups in total. The largest absolute Gasteiger partial charge is 0.493 e. The summed E-state index contributed by atoms with van der Waals surface area (Å²) < 4.78 is 11.7. The molecule has 2 aromatic carbocycles. The second kappa shape index (κ2) is 8.25. The van der Waals surface area contributed by atoms with Crippen molar-refractivity contribution in [3.05, 3.63) is 52.5 Å². The van der Waals surface area contributed by atoms with Crippen LogP contribution in [0.4, 0.5) is 11.4 Å². The van der Waals surface area contributed by atoms with Gasteiger partial charge >= 0.3 is 0 Å².